The van der Waals surface area contributed by atoms with Crippen LogP contribution < -0.4 is 27.4 Å². The Morgan fingerprint density at radius 1 is 1.03 bits per heavy atom. The number of primary amides is 1. The molecule has 4 amide bonds. The number of nitrogens with two attached hydrogens (primary N) is 2. The predicted octanol–water partition coefficient (Wildman–Crippen LogP) is -3.42. The number of amides is 4. The molecule has 1 aromatic heterocycles. The molecule has 0 bridgehead atoms. The summed E-state index contributed by atoms with van der Waals surface area (Å²) in [7, 11) is 0. The summed E-state index contributed by atoms with van der Waals surface area (Å²) >= 11 is 0. The molecule has 0 aliphatic rings. The van der Waals surface area contributed by atoms with Crippen LogP contribution in [0.2, 0.25) is 0 Å². The van der Waals surface area contributed by atoms with Crippen molar-refractivity contribution >= 4 is 35.6 Å². The standard InChI is InChI=1S/C18H27N7O8/c1-8(18(32)33)23-17(31)12(5-14(27)28)25-16(30)11(2-3-13(20)26)24-15(29)10(19)4-9-6-21-7-22-9/h6-8,10-12H,2-5,19H2,1H3,(H2,20,26)(H,21,22)(H,23,31)(H,24,29)(H,25,30)(H,27,28)(H,32,33). The lowest BCUT2D eigenvalue weighted by Crippen LogP contribution is -2.57. The molecule has 15 heteroatoms. The fourth-order valence-corrected chi connectivity index (χ4v) is 2.59. The van der Waals surface area contributed by atoms with Crippen molar-refractivity contribution in [1.82, 2.24) is 25.9 Å². The number of rotatable bonds is 14. The molecule has 0 saturated carbocycles. The van der Waals surface area contributed by atoms with Crippen LogP contribution in [0.15, 0.2) is 12.5 Å². The number of nitrogens with one attached hydrogen (secondary N) is 4. The number of hydrogen-bond acceptors (Lipinski definition) is 8. The molecule has 0 aliphatic heterocycles. The summed E-state index contributed by atoms with van der Waals surface area (Å²) in [5.41, 5.74) is 11.5. The molecule has 4 atom stereocenters. The number of nitrogens with zero attached hydrogens (tertiary/aromatic N) is 1. The van der Waals surface area contributed by atoms with Crippen LogP contribution in [-0.4, -0.2) is 79.9 Å². The van der Waals surface area contributed by atoms with Gasteiger partial charge in [0.25, 0.3) is 0 Å². The number of carbonyl (C=O) groups is 6. The van der Waals surface area contributed by atoms with Crippen LogP contribution in [0, 0.1) is 0 Å². The molecule has 182 valence electrons. The van der Waals surface area contributed by atoms with E-state index >= 15 is 0 Å². The average molecular weight is 469 g/mol. The molecule has 0 aliphatic carbocycles. The van der Waals surface area contributed by atoms with E-state index < -0.39 is 66.2 Å². The van der Waals surface area contributed by atoms with Gasteiger partial charge in [0, 0.05) is 24.7 Å². The molecule has 0 fully saturated rings. The highest BCUT2D eigenvalue weighted by Crippen LogP contribution is 2.03. The molecule has 0 saturated heterocycles. The molecule has 0 spiro atoms. The van der Waals surface area contributed by atoms with Crippen molar-refractivity contribution in [2.75, 3.05) is 0 Å². The zero-order valence-corrected chi connectivity index (χ0v) is 17.7. The highest BCUT2D eigenvalue weighted by molar-refractivity contribution is 5.95. The van der Waals surface area contributed by atoms with Crippen molar-refractivity contribution in [2.24, 2.45) is 11.5 Å². The first-order valence-electron chi connectivity index (χ1n) is 9.77. The number of aromatic amines is 1. The van der Waals surface area contributed by atoms with Crippen LogP contribution in [-0.2, 0) is 35.2 Å². The van der Waals surface area contributed by atoms with Gasteiger partial charge in [0.1, 0.15) is 18.1 Å². The quantitative estimate of drug-likeness (QED) is 0.134. The zero-order valence-electron chi connectivity index (χ0n) is 17.7. The van der Waals surface area contributed by atoms with Gasteiger partial charge in [-0.3, -0.25) is 28.8 Å². The zero-order chi connectivity index (χ0) is 25.1. The number of H-pyrrole nitrogens is 1. The number of aromatic nitrogens is 2. The maximum absolute atomic E-state index is 12.7. The minimum atomic E-state index is -1.65. The van der Waals surface area contributed by atoms with Gasteiger partial charge in [-0.15, -0.1) is 0 Å². The minimum Gasteiger partial charge on any atom is -0.481 e. The van der Waals surface area contributed by atoms with Crippen molar-refractivity contribution in [3.63, 3.8) is 0 Å². The second-order valence-corrected chi connectivity index (χ2v) is 7.18. The van der Waals surface area contributed by atoms with Crippen LogP contribution in [0.25, 0.3) is 0 Å². The number of imidazole rings is 1. The van der Waals surface area contributed by atoms with Gasteiger partial charge in [0.05, 0.1) is 18.8 Å². The third-order valence-corrected chi connectivity index (χ3v) is 4.38. The third-order valence-electron chi connectivity index (χ3n) is 4.38. The van der Waals surface area contributed by atoms with Crippen molar-refractivity contribution in [1.29, 1.82) is 0 Å². The van der Waals surface area contributed by atoms with Gasteiger partial charge >= 0.3 is 11.9 Å². The molecule has 33 heavy (non-hydrogen) atoms. The summed E-state index contributed by atoms with van der Waals surface area (Å²) in [4.78, 5) is 77.2. The van der Waals surface area contributed by atoms with Gasteiger partial charge in [-0.25, -0.2) is 4.98 Å². The van der Waals surface area contributed by atoms with E-state index in [-0.39, 0.29) is 19.3 Å². The summed E-state index contributed by atoms with van der Waals surface area (Å²) in [6.45, 7) is 1.15. The van der Waals surface area contributed by atoms with E-state index in [4.69, 9.17) is 21.7 Å². The smallest absolute Gasteiger partial charge is 0.325 e. The number of hydrogen-bond donors (Lipinski definition) is 8. The molecule has 1 aromatic rings. The van der Waals surface area contributed by atoms with Gasteiger partial charge < -0.3 is 42.6 Å². The SMILES string of the molecule is CC(NC(=O)C(CC(=O)O)NC(=O)C(CCC(N)=O)NC(=O)C(N)Cc1cnc[nH]1)C(=O)O. The summed E-state index contributed by atoms with van der Waals surface area (Å²) in [6, 6.07) is -5.47. The Kier molecular flexibility index (Phi) is 10.4. The lowest BCUT2D eigenvalue weighted by atomic mass is 10.1. The minimum absolute atomic E-state index is 0.0626. The lowest BCUT2D eigenvalue weighted by molar-refractivity contribution is -0.143. The Morgan fingerprint density at radius 2 is 1.64 bits per heavy atom. The summed E-state index contributed by atoms with van der Waals surface area (Å²) < 4.78 is 0. The molecule has 0 radical (unpaired) electrons. The highest BCUT2D eigenvalue weighted by atomic mass is 16.4. The summed E-state index contributed by atoms with van der Waals surface area (Å²) in [5, 5.41) is 24.5. The number of carbonyl (C=O) groups excluding carboxylic acids is 4. The van der Waals surface area contributed by atoms with Crippen molar-refractivity contribution < 1.29 is 39.0 Å². The number of carboxylic acids is 2. The largest absolute Gasteiger partial charge is 0.481 e. The van der Waals surface area contributed by atoms with E-state index in [1.54, 1.807) is 0 Å². The van der Waals surface area contributed by atoms with Gasteiger partial charge in [-0.1, -0.05) is 0 Å². The van der Waals surface area contributed by atoms with Crippen LogP contribution >= 0.6 is 0 Å². The van der Waals surface area contributed by atoms with Crippen molar-refractivity contribution in [3.05, 3.63) is 18.2 Å². The molecule has 10 N–H and O–H groups in total. The first-order chi connectivity index (χ1) is 15.4. The Balaban J connectivity index is 2.92. The fraction of sp³-hybridized carbons (Fsp3) is 0.500. The Labute approximate surface area is 187 Å². The van der Waals surface area contributed by atoms with E-state index in [0.717, 1.165) is 6.92 Å². The first-order valence-corrected chi connectivity index (χ1v) is 9.77. The Morgan fingerprint density at radius 3 is 2.15 bits per heavy atom. The predicted molar refractivity (Wildman–Crippen MR) is 110 cm³/mol. The van der Waals surface area contributed by atoms with E-state index in [9.17, 15) is 28.8 Å². The number of aliphatic carboxylic acids is 2. The van der Waals surface area contributed by atoms with Crippen LogP contribution in [0.3, 0.4) is 0 Å². The molecular weight excluding hydrogens is 442 g/mol. The maximum Gasteiger partial charge on any atom is 0.325 e. The second kappa shape index (κ2) is 12.7. The van der Waals surface area contributed by atoms with Gasteiger partial charge in [-0.2, -0.15) is 0 Å². The van der Waals surface area contributed by atoms with Crippen molar-refractivity contribution in [3.8, 4) is 0 Å². The molecule has 1 rings (SSSR count). The van der Waals surface area contributed by atoms with Gasteiger partial charge in [0.2, 0.25) is 23.6 Å². The Bertz CT molecular complexity index is 873. The third kappa shape index (κ3) is 9.77. The monoisotopic (exact) mass is 469 g/mol. The molecule has 1 heterocycles. The van der Waals surface area contributed by atoms with Gasteiger partial charge in [0.15, 0.2) is 0 Å². The summed E-state index contributed by atoms with van der Waals surface area (Å²) in [6.07, 6.45) is 1.49. The van der Waals surface area contributed by atoms with Crippen molar-refractivity contribution in [2.45, 2.75) is 56.8 Å². The van der Waals surface area contributed by atoms with E-state index in [1.165, 1.54) is 12.5 Å². The van der Waals surface area contributed by atoms with E-state index in [1.807, 2.05) is 0 Å². The lowest BCUT2D eigenvalue weighted by Gasteiger charge is -2.24. The van der Waals surface area contributed by atoms with E-state index in [0.29, 0.717) is 5.69 Å². The molecule has 4 unspecified atom stereocenters. The highest BCUT2D eigenvalue weighted by Gasteiger charge is 2.31. The van der Waals surface area contributed by atoms with Crippen LogP contribution in [0.1, 0.15) is 31.9 Å². The molecule has 15 nitrogen and oxygen atoms in total. The summed E-state index contributed by atoms with van der Waals surface area (Å²) in [5.74, 6) is -6.38. The normalized spacial score (nSPS) is 14.2. The topological polar surface area (TPSA) is 260 Å². The van der Waals surface area contributed by atoms with Gasteiger partial charge in [-0.05, 0) is 13.3 Å². The second-order valence-electron chi connectivity index (χ2n) is 7.18. The maximum atomic E-state index is 12.7. The number of carboxylic acid groups (broad SMARTS) is 2. The Hall–Kier alpha value is -4.01. The van der Waals surface area contributed by atoms with Crippen LogP contribution in [0.4, 0.5) is 0 Å². The molecule has 0 aromatic carbocycles. The molecular formula is C18H27N7O8. The van der Waals surface area contributed by atoms with Crippen LogP contribution in [0.5, 0.6) is 0 Å². The average Bonchev–Trinajstić information content (AvgIpc) is 3.22. The fourth-order valence-electron chi connectivity index (χ4n) is 2.59. The first kappa shape index (κ1) is 27.0. The van der Waals surface area contributed by atoms with E-state index in [2.05, 4.69) is 25.9 Å².